The van der Waals surface area contributed by atoms with Crippen molar-refractivity contribution in [3.8, 4) is 5.69 Å². The summed E-state index contributed by atoms with van der Waals surface area (Å²) in [7, 11) is -3.53. The molecule has 0 saturated heterocycles. The molecular weight excluding hydrogens is 398 g/mol. The van der Waals surface area contributed by atoms with Crippen LogP contribution in [0.15, 0.2) is 65.8 Å². The van der Waals surface area contributed by atoms with Gasteiger partial charge in [0.1, 0.15) is 5.56 Å². The lowest BCUT2D eigenvalue weighted by Gasteiger charge is -2.11. The third-order valence-corrected chi connectivity index (χ3v) is 5.41. The highest BCUT2D eigenvalue weighted by Gasteiger charge is 2.39. The van der Waals surface area contributed by atoms with Crippen LogP contribution in [0.5, 0.6) is 0 Å². The summed E-state index contributed by atoms with van der Waals surface area (Å²) in [5, 5.41) is 4.39. The number of carbonyl (C=O) groups excluding carboxylic acids is 3. The van der Waals surface area contributed by atoms with Gasteiger partial charge in [-0.2, -0.15) is 5.10 Å². The van der Waals surface area contributed by atoms with Crippen molar-refractivity contribution >= 4 is 27.6 Å². The fourth-order valence-electron chi connectivity index (χ4n) is 2.91. The van der Waals surface area contributed by atoms with Crippen molar-refractivity contribution in [3.63, 3.8) is 0 Å². The molecule has 146 valence electrons. The van der Waals surface area contributed by atoms with Crippen LogP contribution < -0.4 is 0 Å². The molecule has 1 aromatic heterocycles. The molecule has 1 aliphatic rings. The van der Waals surface area contributed by atoms with Crippen LogP contribution in [-0.2, 0) is 14.7 Å². The molecule has 3 aromatic rings. The van der Waals surface area contributed by atoms with Gasteiger partial charge in [0.2, 0.25) is 0 Å². The number of hydrogen-bond acceptors (Lipinski definition) is 7. The maximum Gasteiger partial charge on any atom is 0.367 e. The zero-order chi connectivity index (χ0) is 20.8. The molecule has 0 fully saturated rings. The first-order valence-electron chi connectivity index (χ1n) is 8.31. The quantitative estimate of drug-likeness (QED) is 0.599. The van der Waals surface area contributed by atoms with E-state index in [0.717, 1.165) is 12.5 Å². The van der Waals surface area contributed by atoms with Crippen LogP contribution >= 0.6 is 0 Å². The molecule has 2 amide bonds. The highest BCUT2D eigenvalue weighted by atomic mass is 32.2. The molecule has 0 saturated carbocycles. The van der Waals surface area contributed by atoms with E-state index in [0.29, 0.717) is 5.06 Å². The number of carbonyl (C=O) groups is 3. The molecule has 1 aliphatic heterocycles. The van der Waals surface area contributed by atoms with Crippen molar-refractivity contribution in [2.24, 2.45) is 0 Å². The van der Waals surface area contributed by atoms with Gasteiger partial charge in [-0.15, -0.1) is 0 Å². The van der Waals surface area contributed by atoms with Crippen LogP contribution in [0.2, 0.25) is 0 Å². The molecule has 4 rings (SSSR count). The Bertz CT molecular complexity index is 1240. The Kier molecular flexibility index (Phi) is 4.27. The topological polar surface area (TPSA) is 116 Å². The summed E-state index contributed by atoms with van der Waals surface area (Å²) in [4.78, 5) is 42.0. The third-order valence-electron chi connectivity index (χ3n) is 4.26. The summed E-state index contributed by atoms with van der Waals surface area (Å²) < 4.78 is 25.1. The highest BCUT2D eigenvalue weighted by molar-refractivity contribution is 7.90. The van der Waals surface area contributed by atoms with Crippen LogP contribution in [-0.4, -0.2) is 47.3 Å². The summed E-state index contributed by atoms with van der Waals surface area (Å²) in [6.45, 7) is 0. The van der Waals surface area contributed by atoms with E-state index in [-0.39, 0.29) is 27.3 Å². The minimum Gasteiger partial charge on any atom is -0.324 e. The molecule has 0 aliphatic carbocycles. The van der Waals surface area contributed by atoms with Crippen molar-refractivity contribution in [2.75, 3.05) is 6.26 Å². The summed E-state index contributed by atoms with van der Waals surface area (Å²) in [5.74, 6) is -2.47. The average Bonchev–Trinajstić information content (AvgIpc) is 3.28. The van der Waals surface area contributed by atoms with Crippen molar-refractivity contribution in [1.82, 2.24) is 14.8 Å². The second kappa shape index (κ2) is 6.67. The van der Waals surface area contributed by atoms with Crippen LogP contribution in [0.3, 0.4) is 0 Å². The lowest BCUT2D eigenvalue weighted by molar-refractivity contribution is -0.0584. The van der Waals surface area contributed by atoms with E-state index in [9.17, 15) is 22.8 Å². The molecule has 10 heteroatoms. The number of hydrogen-bond donors (Lipinski definition) is 0. The molecule has 2 aromatic carbocycles. The second-order valence-electron chi connectivity index (χ2n) is 6.24. The number of aromatic nitrogens is 2. The summed E-state index contributed by atoms with van der Waals surface area (Å²) in [5.41, 5.74) is 0.464. The second-order valence-corrected chi connectivity index (χ2v) is 8.23. The molecule has 2 heterocycles. The number of para-hydroxylation sites is 1. The molecule has 0 radical (unpaired) electrons. The number of sulfone groups is 1. The Morgan fingerprint density at radius 2 is 1.55 bits per heavy atom. The van der Waals surface area contributed by atoms with E-state index >= 15 is 0 Å². The Hall–Kier alpha value is -3.79. The van der Waals surface area contributed by atoms with Crippen LogP contribution in [0, 0.1) is 0 Å². The average molecular weight is 411 g/mol. The predicted octanol–water partition coefficient (Wildman–Crippen LogP) is 1.64. The van der Waals surface area contributed by atoms with Crippen molar-refractivity contribution in [3.05, 3.63) is 77.6 Å². The fourth-order valence-corrected chi connectivity index (χ4v) is 3.77. The van der Waals surface area contributed by atoms with E-state index in [1.165, 1.54) is 35.1 Å². The van der Waals surface area contributed by atoms with Crippen LogP contribution in [0.4, 0.5) is 0 Å². The van der Waals surface area contributed by atoms with Gasteiger partial charge in [0.25, 0.3) is 11.8 Å². The van der Waals surface area contributed by atoms with Gasteiger partial charge < -0.3 is 4.84 Å². The number of benzene rings is 2. The van der Waals surface area contributed by atoms with Gasteiger partial charge in [-0.1, -0.05) is 29.3 Å². The van der Waals surface area contributed by atoms with Gasteiger partial charge in [0, 0.05) is 12.5 Å². The van der Waals surface area contributed by atoms with E-state index in [1.54, 1.807) is 24.3 Å². The molecule has 0 unspecified atom stereocenters. The SMILES string of the molecule is CS(=O)(=O)c1ccccc1-n1cc(C(=O)ON2C(=O)c3ccccc3C2=O)cn1. The molecular formula is C19H13N3O6S. The fraction of sp³-hybridized carbons (Fsp3) is 0.0526. The van der Waals surface area contributed by atoms with Crippen LogP contribution in [0.1, 0.15) is 31.1 Å². The number of nitrogens with zero attached hydrogens (tertiary/aromatic N) is 3. The van der Waals surface area contributed by atoms with Crippen LogP contribution in [0.25, 0.3) is 5.69 Å². The normalized spacial score (nSPS) is 13.5. The number of amides is 2. The first-order chi connectivity index (χ1) is 13.8. The molecule has 29 heavy (non-hydrogen) atoms. The number of hydroxylamine groups is 2. The maximum atomic E-state index is 12.4. The summed E-state index contributed by atoms with van der Waals surface area (Å²) in [6, 6.07) is 12.3. The number of fused-ring (bicyclic) bond motifs is 1. The minimum atomic E-state index is -3.53. The monoisotopic (exact) mass is 411 g/mol. The van der Waals surface area contributed by atoms with Crippen molar-refractivity contribution in [1.29, 1.82) is 0 Å². The third kappa shape index (κ3) is 3.19. The van der Waals surface area contributed by atoms with E-state index in [2.05, 4.69) is 5.10 Å². The number of imide groups is 1. The highest BCUT2D eigenvalue weighted by Crippen LogP contribution is 2.24. The molecule has 0 bridgehead atoms. The Morgan fingerprint density at radius 3 is 2.17 bits per heavy atom. The lowest BCUT2D eigenvalue weighted by atomic mass is 10.1. The van der Waals surface area contributed by atoms with Gasteiger partial charge in [0.15, 0.2) is 9.84 Å². The predicted molar refractivity (Wildman–Crippen MR) is 99.0 cm³/mol. The van der Waals surface area contributed by atoms with Crippen molar-refractivity contribution < 1.29 is 27.6 Å². The molecule has 0 spiro atoms. The first-order valence-corrected chi connectivity index (χ1v) is 10.2. The molecule has 9 nitrogen and oxygen atoms in total. The van der Waals surface area contributed by atoms with Crippen molar-refractivity contribution in [2.45, 2.75) is 4.90 Å². The molecule has 0 N–H and O–H groups in total. The first kappa shape index (κ1) is 18.6. The van der Waals surface area contributed by atoms with E-state index in [1.807, 2.05) is 0 Å². The van der Waals surface area contributed by atoms with E-state index in [4.69, 9.17) is 4.84 Å². The van der Waals surface area contributed by atoms with E-state index < -0.39 is 27.6 Å². The lowest BCUT2D eigenvalue weighted by Crippen LogP contribution is -2.32. The zero-order valence-electron chi connectivity index (χ0n) is 15.0. The Labute approximate surface area is 165 Å². The smallest absolute Gasteiger partial charge is 0.324 e. The minimum absolute atomic E-state index is 0.0309. The maximum absolute atomic E-state index is 12.4. The van der Waals surface area contributed by atoms with Gasteiger partial charge in [-0.05, 0) is 24.3 Å². The largest absolute Gasteiger partial charge is 0.367 e. The standard InChI is InChI=1S/C19H13N3O6S/c1-29(26,27)16-9-5-4-8-15(16)21-11-12(10-20-21)19(25)28-22-17(23)13-6-2-3-7-14(13)18(22)24/h2-11H,1H3. The molecule has 0 atom stereocenters. The summed E-state index contributed by atoms with van der Waals surface area (Å²) in [6.07, 6.45) is 3.47. The number of rotatable bonds is 4. The zero-order valence-corrected chi connectivity index (χ0v) is 15.8. The van der Waals surface area contributed by atoms with Gasteiger partial charge in [-0.25, -0.2) is 17.9 Å². The van der Waals surface area contributed by atoms with Gasteiger partial charge in [0.05, 0.1) is 27.9 Å². The van der Waals surface area contributed by atoms with Gasteiger partial charge in [-0.3, -0.25) is 9.59 Å². The Morgan fingerprint density at radius 1 is 0.966 bits per heavy atom. The van der Waals surface area contributed by atoms with Gasteiger partial charge >= 0.3 is 5.97 Å². The summed E-state index contributed by atoms with van der Waals surface area (Å²) >= 11 is 0. The Balaban J connectivity index is 1.60.